The van der Waals surface area contributed by atoms with Crippen LogP contribution in [0.25, 0.3) is 0 Å². The van der Waals surface area contributed by atoms with Gasteiger partial charge in [-0.15, -0.1) is 0 Å². The van der Waals surface area contributed by atoms with E-state index in [2.05, 4.69) is 5.32 Å². The number of rotatable bonds is 6. The molecule has 2 fully saturated rings. The molecule has 0 radical (unpaired) electrons. The Morgan fingerprint density at radius 2 is 1.87 bits per heavy atom. The van der Waals surface area contributed by atoms with Crippen LogP contribution in [-0.2, 0) is 14.4 Å². The third-order valence-corrected chi connectivity index (χ3v) is 5.69. The van der Waals surface area contributed by atoms with Crippen molar-refractivity contribution in [2.24, 2.45) is 5.92 Å². The van der Waals surface area contributed by atoms with Crippen molar-refractivity contribution in [3.63, 3.8) is 0 Å². The fourth-order valence-electron chi connectivity index (χ4n) is 3.36. The minimum absolute atomic E-state index is 0.0215. The first kappa shape index (κ1) is 18.1. The van der Waals surface area contributed by atoms with Crippen molar-refractivity contribution in [3.05, 3.63) is 0 Å². The molecule has 1 aliphatic heterocycles. The van der Waals surface area contributed by atoms with Gasteiger partial charge >= 0.3 is 5.97 Å². The molecular weight excluding hydrogens is 316 g/mol. The lowest BCUT2D eigenvalue weighted by Crippen LogP contribution is -2.50. The quantitative estimate of drug-likeness (QED) is 0.764. The van der Waals surface area contributed by atoms with Gasteiger partial charge < -0.3 is 15.3 Å². The van der Waals surface area contributed by atoms with Crippen molar-refractivity contribution >= 4 is 29.5 Å². The fourth-order valence-corrected chi connectivity index (χ4v) is 4.42. The third kappa shape index (κ3) is 6.05. The molecule has 1 aliphatic carbocycles. The summed E-state index contributed by atoms with van der Waals surface area (Å²) in [6.45, 7) is 0.534. The van der Waals surface area contributed by atoms with Crippen LogP contribution in [0.5, 0.6) is 0 Å². The number of nitrogens with one attached hydrogen (secondary N) is 1. The lowest BCUT2D eigenvalue weighted by atomic mass is 9.87. The number of amides is 2. The Hall–Kier alpha value is -1.24. The zero-order chi connectivity index (χ0) is 16.7. The molecule has 7 heteroatoms. The Labute approximate surface area is 141 Å². The van der Waals surface area contributed by atoms with E-state index in [1.165, 1.54) is 19.3 Å². The van der Waals surface area contributed by atoms with Gasteiger partial charge in [-0.05, 0) is 18.8 Å². The summed E-state index contributed by atoms with van der Waals surface area (Å²) < 4.78 is 0. The van der Waals surface area contributed by atoms with E-state index in [1.807, 2.05) is 0 Å². The van der Waals surface area contributed by atoms with Crippen molar-refractivity contribution in [2.75, 3.05) is 24.6 Å². The SMILES string of the molecule is O=C(O)CC1CSCCN1C(=O)CNC(=O)CC1CCCCC1. The summed E-state index contributed by atoms with van der Waals surface area (Å²) in [4.78, 5) is 36.8. The summed E-state index contributed by atoms with van der Waals surface area (Å²) in [6, 6.07) is -0.269. The van der Waals surface area contributed by atoms with Crippen molar-refractivity contribution in [3.8, 4) is 0 Å². The maximum absolute atomic E-state index is 12.3. The van der Waals surface area contributed by atoms with Crippen molar-refractivity contribution in [2.45, 2.75) is 51.0 Å². The normalized spacial score (nSPS) is 22.6. The lowest BCUT2D eigenvalue weighted by Gasteiger charge is -2.34. The second-order valence-corrected chi connectivity index (χ2v) is 7.55. The molecule has 23 heavy (non-hydrogen) atoms. The zero-order valence-electron chi connectivity index (χ0n) is 13.5. The summed E-state index contributed by atoms with van der Waals surface area (Å²) in [5.41, 5.74) is 0. The van der Waals surface area contributed by atoms with Crippen LogP contribution in [0, 0.1) is 5.92 Å². The van der Waals surface area contributed by atoms with Crippen LogP contribution < -0.4 is 5.32 Å². The molecule has 130 valence electrons. The van der Waals surface area contributed by atoms with Gasteiger partial charge in [0.2, 0.25) is 11.8 Å². The Morgan fingerprint density at radius 3 is 2.57 bits per heavy atom. The van der Waals surface area contributed by atoms with Crippen LogP contribution in [-0.4, -0.2) is 58.4 Å². The Kier molecular flexibility index (Phi) is 7.20. The molecule has 0 aromatic carbocycles. The van der Waals surface area contributed by atoms with E-state index >= 15 is 0 Å². The standard InChI is InChI=1S/C16H26N2O4S/c19-14(8-12-4-2-1-3-5-12)17-10-15(20)18-6-7-23-11-13(18)9-16(21)22/h12-13H,1-11H2,(H,17,19)(H,21,22). The van der Waals surface area contributed by atoms with Gasteiger partial charge in [-0.1, -0.05) is 19.3 Å². The molecule has 1 unspecified atom stereocenters. The van der Waals surface area contributed by atoms with Gasteiger partial charge in [0.1, 0.15) is 0 Å². The van der Waals surface area contributed by atoms with E-state index < -0.39 is 5.97 Å². The fraction of sp³-hybridized carbons (Fsp3) is 0.812. The van der Waals surface area contributed by atoms with Gasteiger partial charge in [-0.2, -0.15) is 11.8 Å². The van der Waals surface area contributed by atoms with Crippen molar-refractivity contribution < 1.29 is 19.5 Å². The lowest BCUT2D eigenvalue weighted by molar-refractivity contribution is -0.140. The summed E-state index contributed by atoms with van der Waals surface area (Å²) in [6.07, 6.45) is 6.32. The summed E-state index contributed by atoms with van der Waals surface area (Å²) in [5.74, 6) is 0.785. The second kappa shape index (κ2) is 9.15. The predicted molar refractivity (Wildman–Crippen MR) is 89.3 cm³/mol. The number of thioether (sulfide) groups is 1. The number of carbonyl (C=O) groups is 3. The molecule has 0 spiro atoms. The number of carbonyl (C=O) groups excluding carboxylic acids is 2. The topological polar surface area (TPSA) is 86.7 Å². The third-order valence-electron chi connectivity index (χ3n) is 4.59. The van der Waals surface area contributed by atoms with Gasteiger partial charge in [0.25, 0.3) is 0 Å². The number of aliphatic carboxylic acids is 1. The summed E-state index contributed by atoms with van der Waals surface area (Å²) in [7, 11) is 0. The molecule has 0 aromatic rings. The van der Waals surface area contributed by atoms with E-state index in [0.29, 0.717) is 24.6 Å². The van der Waals surface area contributed by atoms with E-state index in [-0.39, 0.29) is 30.8 Å². The molecule has 2 aliphatic rings. The monoisotopic (exact) mass is 342 g/mol. The van der Waals surface area contributed by atoms with Gasteiger partial charge in [0.15, 0.2) is 0 Å². The second-order valence-electron chi connectivity index (χ2n) is 6.40. The zero-order valence-corrected chi connectivity index (χ0v) is 14.3. The maximum Gasteiger partial charge on any atom is 0.305 e. The molecule has 1 atom stereocenters. The van der Waals surface area contributed by atoms with Gasteiger partial charge in [0, 0.05) is 24.5 Å². The van der Waals surface area contributed by atoms with Crippen molar-refractivity contribution in [1.29, 1.82) is 0 Å². The van der Waals surface area contributed by atoms with Gasteiger partial charge in [-0.25, -0.2) is 0 Å². The first-order chi connectivity index (χ1) is 11.1. The highest BCUT2D eigenvalue weighted by Crippen LogP contribution is 2.26. The maximum atomic E-state index is 12.3. The van der Waals surface area contributed by atoms with Crippen LogP contribution >= 0.6 is 11.8 Å². The first-order valence-corrected chi connectivity index (χ1v) is 9.57. The summed E-state index contributed by atoms with van der Waals surface area (Å²) >= 11 is 1.67. The van der Waals surface area contributed by atoms with E-state index in [4.69, 9.17) is 5.11 Å². The van der Waals surface area contributed by atoms with Gasteiger partial charge in [0.05, 0.1) is 19.0 Å². The Balaban J connectivity index is 1.75. The highest BCUT2D eigenvalue weighted by molar-refractivity contribution is 7.99. The van der Waals surface area contributed by atoms with Crippen LogP contribution in [0.4, 0.5) is 0 Å². The minimum atomic E-state index is -0.892. The van der Waals surface area contributed by atoms with E-state index in [0.717, 1.165) is 18.6 Å². The highest BCUT2D eigenvalue weighted by Gasteiger charge is 2.29. The molecule has 6 nitrogen and oxygen atoms in total. The number of hydrogen-bond acceptors (Lipinski definition) is 4. The molecule has 1 saturated carbocycles. The molecule has 2 amide bonds. The number of nitrogens with zero attached hydrogens (tertiary/aromatic N) is 1. The van der Waals surface area contributed by atoms with Gasteiger partial charge in [-0.3, -0.25) is 14.4 Å². The first-order valence-electron chi connectivity index (χ1n) is 8.42. The number of hydrogen-bond donors (Lipinski definition) is 2. The van der Waals surface area contributed by atoms with Crippen LogP contribution in [0.2, 0.25) is 0 Å². The largest absolute Gasteiger partial charge is 0.481 e. The average Bonchev–Trinajstić information content (AvgIpc) is 2.53. The number of carboxylic acid groups (broad SMARTS) is 1. The van der Waals surface area contributed by atoms with Crippen molar-refractivity contribution in [1.82, 2.24) is 10.2 Å². The summed E-state index contributed by atoms with van der Waals surface area (Å²) in [5, 5.41) is 11.7. The molecule has 0 bridgehead atoms. The smallest absolute Gasteiger partial charge is 0.305 e. The van der Waals surface area contributed by atoms with Crippen LogP contribution in [0.1, 0.15) is 44.9 Å². The predicted octanol–water partition coefficient (Wildman–Crippen LogP) is 1.49. The molecule has 1 saturated heterocycles. The Morgan fingerprint density at radius 1 is 1.13 bits per heavy atom. The van der Waals surface area contributed by atoms with Crippen LogP contribution in [0.15, 0.2) is 0 Å². The molecule has 1 heterocycles. The molecule has 0 aromatic heterocycles. The molecule has 2 rings (SSSR count). The van der Waals surface area contributed by atoms with Crippen LogP contribution in [0.3, 0.4) is 0 Å². The molecule has 2 N–H and O–H groups in total. The van der Waals surface area contributed by atoms with E-state index in [1.54, 1.807) is 16.7 Å². The highest BCUT2D eigenvalue weighted by atomic mass is 32.2. The Bertz CT molecular complexity index is 438. The average molecular weight is 342 g/mol. The minimum Gasteiger partial charge on any atom is -0.481 e. The van der Waals surface area contributed by atoms with E-state index in [9.17, 15) is 14.4 Å². The molecular formula is C16H26N2O4S. The number of carboxylic acids is 1.